The number of hydrogen-bond acceptors (Lipinski definition) is 3. The van der Waals surface area contributed by atoms with Gasteiger partial charge in [0.1, 0.15) is 5.78 Å². The fourth-order valence-electron chi connectivity index (χ4n) is 5.31. The van der Waals surface area contributed by atoms with Gasteiger partial charge in [0, 0.05) is 23.3 Å². The number of amides is 1. The Balaban J connectivity index is 2.95. The van der Waals surface area contributed by atoms with Crippen LogP contribution in [-0.2, 0) is 14.3 Å². The lowest BCUT2D eigenvalue weighted by Gasteiger charge is -2.41. The number of Topliss-reactive ketones (excluding diaryl/α,β-unsaturated/α-hetero) is 1. The summed E-state index contributed by atoms with van der Waals surface area (Å²) < 4.78 is 6.37. The number of ether oxygens (including phenoxy) is 1. The number of carbonyl (C=O) groups excluding carboxylic acids is 2. The summed E-state index contributed by atoms with van der Waals surface area (Å²) in [7, 11) is 0. The van der Waals surface area contributed by atoms with Crippen molar-refractivity contribution in [2.45, 2.75) is 152 Å². The highest BCUT2D eigenvalue weighted by molar-refractivity contribution is 5.88. The second-order valence-electron chi connectivity index (χ2n) is 13.8. The molecule has 0 aliphatic heterocycles. The number of nitrogens with one attached hydrogen (secondary N) is 1. The second kappa shape index (κ2) is 10.8. The van der Waals surface area contributed by atoms with Crippen molar-refractivity contribution in [3.63, 3.8) is 0 Å². The molecule has 0 heterocycles. The molecule has 4 heteroatoms. The molecule has 1 N–H and O–H groups in total. The monoisotopic (exact) mass is 477 g/mol. The van der Waals surface area contributed by atoms with Gasteiger partial charge in [-0.1, -0.05) is 66.5 Å². The first-order valence-electron chi connectivity index (χ1n) is 13.4. The average Bonchev–Trinajstić information content (AvgIpc) is 2.61. The van der Waals surface area contributed by atoms with E-state index in [9.17, 15) is 9.59 Å². The molecule has 0 spiro atoms. The molecule has 0 aromatic carbocycles. The lowest BCUT2D eigenvalue weighted by atomic mass is 9.68. The predicted octanol–water partition coefficient (Wildman–Crippen LogP) is 7.79. The molecule has 0 saturated heterocycles. The van der Waals surface area contributed by atoms with Gasteiger partial charge < -0.3 is 10.1 Å². The van der Waals surface area contributed by atoms with Gasteiger partial charge in [-0.25, -0.2) is 0 Å². The highest BCUT2D eigenvalue weighted by atomic mass is 16.5. The van der Waals surface area contributed by atoms with E-state index in [4.69, 9.17) is 4.74 Å². The van der Waals surface area contributed by atoms with Crippen molar-refractivity contribution in [3.05, 3.63) is 11.1 Å². The van der Waals surface area contributed by atoms with E-state index in [0.717, 1.165) is 6.42 Å². The third kappa shape index (κ3) is 7.93. The molecule has 1 aliphatic carbocycles. The molecule has 1 aliphatic rings. The van der Waals surface area contributed by atoms with E-state index in [1.165, 1.54) is 30.4 Å². The van der Waals surface area contributed by atoms with Gasteiger partial charge >= 0.3 is 0 Å². The molecule has 0 bridgehead atoms. The summed E-state index contributed by atoms with van der Waals surface area (Å²) in [5, 5.41) is 3.26. The normalized spacial score (nSPS) is 16.7. The maximum Gasteiger partial charge on any atom is 0.226 e. The van der Waals surface area contributed by atoms with Crippen LogP contribution in [0.1, 0.15) is 135 Å². The number of carbonyl (C=O) groups is 2. The van der Waals surface area contributed by atoms with Crippen LogP contribution in [0, 0.1) is 16.2 Å². The van der Waals surface area contributed by atoms with Gasteiger partial charge in [-0.05, 0) is 78.6 Å². The topological polar surface area (TPSA) is 55.4 Å². The molecule has 34 heavy (non-hydrogen) atoms. The zero-order valence-corrected chi connectivity index (χ0v) is 24.8. The van der Waals surface area contributed by atoms with Crippen molar-refractivity contribution in [1.29, 1.82) is 0 Å². The van der Waals surface area contributed by atoms with E-state index in [-0.39, 0.29) is 28.7 Å². The predicted molar refractivity (Wildman–Crippen MR) is 144 cm³/mol. The van der Waals surface area contributed by atoms with Crippen LogP contribution >= 0.6 is 0 Å². The Hall–Kier alpha value is -1.16. The Bertz CT molecular complexity index is 762. The van der Waals surface area contributed by atoms with Crippen LogP contribution in [0.2, 0.25) is 0 Å². The van der Waals surface area contributed by atoms with Crippen molar-refractivity contribution < 1.29 is 14.3 Å². The third-order valence-electron chi connectivity index (χ3n) is 8.29. The van der Waals surface area contributed by atoms with Crippen molar-refractivity contribution in [2.24, 2.45) is 16.2 Å². The fourth-order valence-corrected chi connectivity index (χ4v) is 5.31. The van der Waals surface area contributed by atoms with Crippen molar-refractivity contribution in [3.8, 4) is 0 Å². The summed E-state index contributed by atoms with van der Waals surface area (Å²) >= 11 is 0. The van der Waals surface area contributed by atoms with Gasteiger partial charge in [0.25, 0.3) is 0 Å². The average molecular weight is 478 g/mol. The Morgan fingerprint density at radius 2 is 1.41 bits per heavy atom. The molecule has 0 aromatic heterocycles. The molecule has 1 rings (SSSR count). The molecule has 4 nitrogen and oxygen atoms in total. The summed E-state index contributed by atoms with van der Waals surface area (Å²) in [5.74, 6) is 0.202. The van der Waals surface area contributed by atoms with Gasteiger partial charge in [0.15, 0.2) is 0 Å². The Morgan fingerprint density at radius 1 is 0.882 bits per heavy atom. The highest BCUT2D eigenvalue weighted by Gasteiger charge is 2.43. The second-order valence-corrected chi connectivity index (χ2v) is 13.8. The first-order valence-corrected chi connectivity index (χ1v) is 13.4. The molecule has 1 saturated carbocycles. The van der Waals surface area contributed by atoms with Crippen LogP contribution in [0.3, 0.4) is 0 Å². The van der Waals surface area contributed by atoms with E-state index < -0.39 is 16.4 Å². The maximum atomic E-state index is 13.6. The summed E-state index contributed by atoms with van der Waals surface area (Å²) in [6, 6.07) is -0.213. The van der Waals surface area contributed by atoms with E-state index in [1.54, 1.807) is 0 Å². The number of rotatable bonds is 13. The minimum Gasteiger partial charge on any atom is -0.370 e. The smallest absolute Gasteiger partial charge is 0.226 e. The molecular formula is C30H55NO3. The number of ketones is 1. The number of hydrogen-bond donors (Lipinski definition) is 1. The van der Waals surface area contributed by atoms with Crippen LogP contribution < -0.4 is 5.32 Å². The van der Waals surface area contributed by atoms with Gasteiger partial charge in [-0.3, -0.25) is 9.59 Å². The van der Waals surface area contributed by atoms with Crippen LogP contribution in [0.5, 0.6) is 0 Å². The van der Waals surface area contributed by atoms with Crippen molar-refractivity contribution >= 4 is 11.7 Å². The largest absolute Gasteiger partial charge is 0.370 e. The summed E-state index contributed by atoms with van der Waals surface area (Å²) in [6.07, 6.45) is 6.32. The van der Waals surface area contributed by atoms with Crippen LogP contribution in [0.25, 0.3) is 0 Å². The maximum absolute atomic E-state index is 13.6. The lowest BCUT2D eigenvalue weighted by Crippen LogP contribution is -2.53. The minimum absolute atomic E-state index is 0.0155. The van der Waals surface area contributed by atoms with E-state index in [0.29, 0.717) is 19.3 Å². The lowest BCUT2D eigenvalue weighted by molar-refractivity contribution is -0.152. The molecule has 1 atom stereocenters. The van der Waals surface area contributed by atoms with E-state index >= 15 is 0 Å². The van der Waals surface area contributed by atoms with Gasteiger partial charge in [0.05, 0.1) is 11.2 Å². The molecular weight excluding hydrogens is 422 g/mol. The van der Waals surface area contributed by atoms with Gasteiger partial charge in [0.2, 0.25) is 5.91 Å². The Morgan fingerprint density at radius 3 is 1.82 bits per heavy atom. The van der Waals surface area contributed by atoms with E-state index in [2.05, 4.69) is 67.6 Å². The molecule has 1 unspecified atom stereocenters. The fraction of sp³-hybridized carbons (Fsp3) is 0.867. The molecule has 0 aromatic rings. The standard InChI is InChI=1S/C30H55NO3/c1-14-23(30(12,13)24(32)19-26(4,5)21(3)22-17-16-18-22)31-25(33)27(6,7)20-29(10,11)34-28(8,9)15-2/h23H,14-20H2,1-13H3,(H,31,33). The number of allylic oxidation sites excluding steroid dienone is 2. The van der Waals surface area contributed by atoms with Crippen LogP contribution in [0.15, 0.2) is 11.1 Å². The quantitative estimate of drug-likeness (QED) is 0.275. The van der Waals surface area contributed by atoms with Crippen LogP contribution in [-0.4, -0.2) is 28.9 Å². The first-order chi connectivity index (χ1) is 15.2. The molecule has 198 valence electrons. The zero-order chi connectivity index (χ0) is 26.8. The van der Waals surface area contributed by atoms with E-state index in [1.807, 2.05) is 27.7 Å². The zero-order valence-electron chi connectivity index (χ0n) is 24.8. The summed E-state index contributed by atoms with van der Waals surface area (Å²) in [5.41, 5.74) is 0.800. The van der Waals surface area contributed by atoms with Gasteiger partial charge in [-0.2, -0.15) is 0 Å². The van der Waals surface area contributed by atoms with Crippen molar-refractivity contribution in [2.75, 3.05) is 0 Å². The Labute approximate surface area is 211 Å². The minimum atomic E-state index is -0.640. The summed E-state index contributed by atoms with van der Waals surface area (Å²) in [4.78, 5) is 27.0. The van der Waals surface area contributed by atoms with Crippen LogP contribution in [0.4, 0.5) is 0 Å². The molecule has 0 radical (unpaired) electrons. The third-order valence-corrected chi connectivity index (χ3v) is 8.29. The molecule has 1 fully saturated rings. The Kier molecular flexibility index (Phi) is 9.85. The summed E-state index contributed by atoms with van der Waals surface area (Å²) in [6.45, 7) is 27.0. The highest BCUT2D eigenvalue weighted by Crippen LogP contribution is 2.42. The molecule has 1 amide bonds. The van der Waals surface area contributed by atoms with Crippen molar-refractivity contribution in [1.82, 2.24) is 5.32 Å². The first kappa shape index (κ1) is 30.9. The SMILES string of the molecule is CCC(NC(=O)C(C)(C)CC(C)(C)OC(C)(C)CC)C(C)(C)C(=O)CC(C)(C)C(C)=C1CCC1. The van der Waals surface area contributed by atoms with Gasteiger partial charge in [-0.15, -0.1) is 0 Å².